The Labute approximate surface area is 254 Å². The Morgan fingerprint density at radius 1 is 1.07 bits per heavy atom. The van der Waals surface area contributed by atoms with Gasteiger partial charge in [-0.05, 0) is 33.6 Å². The van der Waals surface area contributed by atoms with Crippen molar-refractivity contribution in [2.45, 2.75) is 77.1 Å². The van der Waals surface area contributed by atoms with E-state index in [1.807, 2.05) is 49.6 Å². The standard InChI is InChI=1S/C32H34FN4O4.Li/c1-32(2,3)41-31(40)35-13-10-22(11-14-35)20-6-8-21(9-7-20)23-15-24-25(26(33)16-23)17-37(30(24)39)28(18-38)29-27-5-4-12-36(27)19-34-29;/h6-9,15-16,19,22,28H,4-5,10-14,17H2,1-3H3;. The molecule has 0 bridgehead atoms. The van der Waals surface area contributed by atoms with E-state index in [-0.39, 0.29) is 23.0 Å². The number of rotatable bonds is 5. The van der Waals surface area contributed by atoms with Crippen LogP contribution >= 0.6 is 0 Å². The van der Waals surface area contributed by atoms with E-state index in [9.17, 15) is 14.4 Å². The Kier molecular flexibility index (Phi) is 7.53. The summed E-state index contributed by atoms with van der Waals surface area (Å²) in [6.07, 6.45) is 4.93. The summed E-state index contributed by atoms with van der Waals surface area (Å²) in [4.78, 5) is 46.6. The normalized spacial score (nSPS) is 17.8. The summed E-state index contributed by atoms with van der Waals surface area (Å²) in [6.45, 7) is 7.77. The molecule has 3 aliphatic rings. The molecule has 4 heterocycles. The van der Waals surface area contributed by atoms with Gasteiger partial charge in [0.25, 0.3) is 0 Å². The molecule has 0 radical (unpaired) electrons. The van der Waals surface area contributed by atoms with Gasteiger partial charge in [0.15, 0.2) is 0 Å². The molecule has 6 rings (SSSR count). The second-order valence-electron chi connectivity index (χ2n) is 12.7. The average Bonchev–Trinajstić information content (AvgIpc) is 3.65. The summed E-state index contributed by atoms with van der Waals surface area (Å²) in [6, 6.07) is 10.4. The van der Waals surface area contributed by atoms with Crippen molar-refractivity contribution < 1.29 is 23.5 Å². The molecule has 0 spiro atoms. The Morgan fingerprint density at radius 2 is 1.79 bits per heavy atom. The van der Waals surface area contributed by atoms with Crippen LogP contribution in [-0.4, -0.2) is 72.2 Å². The number of piperidine rings is 1. The molecule has 10 heteroatoms. The predicted molar refractivity (Wildman–Crippen MR) is 156 cm³/mol. The maximum atomic E-state index is 15.5. The number of imidazole rings is 1. The number of fused-ring (bicyclic) bond motifs is 2. The molecule has 0 saturated carbocycles. The van der Waals surface area contributed by atoms with E-state index in [4.69, 9.17) is 4.74 Å². The average molecular weight is 565 g/mol. The van der Waals surface area contributed by atoms with Crippen LogP contribution in [0.3, 0.4) is 0 Å². The molecule has 1 atom stereocenters. The van der Waals surface area contributed by atoms with Gasteiger partial charge in [0, 0.05) is 13.1 Å². The van der Waals surface area contributed by atoms with E-state index in [1.54, 1.807) is 17.3 Å². The van der Waals surface area contributed by atoms with Crippen LogP contribution in [0.4, 0.5) is 9.18 Å². The summed E-state index contributed by atoms with van der Waals surface area (Å²) in [5, 5.41) is 0. The number of halogens is 1. The van der Waals surface area contributed by atoms with Crippen molar-refractivity contribution in [3.63, 3.8) is 0 Å². The van der Waals surface area contributed by atoms with E-state index in [0.29, 0.717) is 41.4 Å². The fraction of sp³-hybridized carbons (Fsp3) is 0.438. The molecule has 1 aromatic heterocycles. The Hall–Kier alpha value is -3.41. The van der Waals surface area contributed by atoms with Gasteiger partial charge in [0.2, 0.25) is 0 Å². The molecule has 214 valence electrons. The van der Waals surface area contributed by atoms with Crippen molar-refractivity contribution in [1.82, 2.24) is 19.4 Å². The van der Waals surface area contributed by atoms with Gasteiger partial charge in [0.05, 0.1) is 0 Å². The number of hydrogen-bond acceptors (Lipinski definition) is 5. The second kappa shape index (κ2) is 11.0. The topological polar surface area (TPSA) is 84.7 Å². The van der Waals surface area contributed by atoms with Crippen molar-refractivity contribution in [3.8, 4) is 11.1 Å². The third-order valence-corrected chi connectivity index (χ3v) is 8.62. The van der Waals surface area contributed by atoms with Gasteiger partial charge >= 0.3 is 188 Å². The molecule has 1 unspecified atom stereocenters. The molecule has 42 heavy (non-hydrogen) atoms. The van der Waals surface area contributed by atoms with Crippen LogP contribution in [-0.2, 0) is 29.0 Å². The van der Waals surface area contributed by atoms with Crippen molar-refractivity contribution >= 4 is 34.2 Å². The number of aryl methyl sites for hydroxylation is 1. The van der Waals surface area contributed by atoms with Crippen LogP contribution in [0.25, 0.3) is 11.1 Å². The van der Waals surface area contributed by atoms with Gasteiger partial charge in [-0.15, -0.1) is 0 Å². The minimum absolute atomic E-state index is 0.0394. The molecule has 1 fully saturated rings. The summed E-state index contributed by atoms with van der Waals surface area (Å²) in [5.74, 6) is -0.481. The van der Waals surface area contributed by atoms with Gasteiger partial charge in [0.1, 0.15) is 5.60 Å². The predicted octanol–water partition coefficient (Wildman–Crippen LogP) is 5.14. The number of likely N-dealkylation sites (tertiary alicyclic amines) is 1. The summed E-state index contributed by atoms with van der Waals surface area (Å²) in [7, 11) is 0. The molecule has 2 amide bonds. The van der Waals surface area contributed by atoms with Crippen LogP contribution in [0.2, 0.25) is 0 Å². The van der Waals surface area contributed by atoms with Crippen molar-refractivity contribution in [3.05, 3.63) is 76.6 Å². The van der Waals surface area contributed by atoms with Gasteiger partial charge in [-0.1, -0.05) is 0 Å². The zero-order valence-electron chi connectivity index (χ0n) is 24.7. The number of carbonyl (C=O) groups is 3. The first-order valence-corrected chi connectivity index (χ1v) is 14.8. The first kappa shape index (κ1) is 28.7. The Balaban J connectivity index is 1.18. The molecule has 3 aromatic rings. The van der Waals surface area contributed by atoms with Crippen molar-refractivity contribution in [2.75, 3.05) is 13.1 Å². The molecular formula is C32H34FLiN4O4. The quantitative estimate of drug-likeness (QED) is 0.401. The molecular weight excluding hydrogens is 530 g/mol. The van der Waals surface area contributed by atoms with Crippen LogP contribution in [0.15, 0.2) is 42.7 Å². The number of amides is 2. The fourth-order valence-corrected chi connectivity index (χ4v) is 6.52. The van der Waals surface area contributed by atoms with Crippen LogP contribution in [0.5, 0.6) is 0 Å². The summed E-state index contributed by atoms with van der Waals surface area (Å²) >= 11 is 1.46. The van der Waals surface area contributed by atoms with Gasteiger partial charge in [-0.25, -0.2) is 4.79 Å². The minimum atomic E-state index is -0.830. The van der Waals surface area contributed by atoms with Crippen molar-refractivity contribution in [2.24, 2.45) is 0 Å². The van der Waals surface area contributed by atoms with E-state index < -0.39 is 17.5 Å². The summed E-state index contributed by atoms with van der Waals surface area (Å²) in [5.41, 5.74) is 4.29. The van der Waals surface area contributed by atoms with E-state index in [1.165, 1.54) is 34.2 Å². The van der Waals surface area contributed by atoms with Crippen LogP contribution < -0.4 is 0 Å². The van der Waals surface area contributed by atoms with E-state index in [0.717, 1.165) is 43.5 Å². The maximum absolute atomic E-state index is 15.5. The number of aromatic nitrogens is 2. The van der Waals surface area contributed by atoms with Gasteiger partial charge in [-0.2, -0.15) is 0 Å². The second-order valence-corrected chi connectivity index (χ2v) is 12.7. The Morgan fingerprint density at radius 3 is 2.45 bits per heavy atom. The number of carbonyl (C=O) groups excluding carboxylic acids is 3. The zero-order valence-corrected chi connectivity index (χ0v) is 24.7. The number of nitrogens with zero attached hydrogens (tertiary/aromatic N) is 4. The molecule has 0 aliphatic carbocycles. The molecule has 2 aromatic carbocycles. The van der Waals surface area contributed by atoms with Gasteiger partial charge < -0.3 is 9.64 Å². The molecule has 1 saturated heterocycles. The first-order chi connectivity index (χ1) is 20.0. The number of ether oxygens (including phenoxy) is 1. The van der Waals surface area contributed by atoms with Crippen LogP contribution in [0, 0.1) is 5.82 Å². The molecule has 8 nitrogen and oxygen atoms in total. The first-order valence-electron chi connectivity index (χ1n) is 14.8. The zero-order chi connectivity index (χ0) is 29.8. The molecule has 3 aliphatic heterocycles. The van der Waals surface area contributed by atoms with E-state index >= 15 is 4.39 Å². The van der Waals surface area contributed by atoms with Gasteiger partial charge in [-0.3, -0.25) is 0 Å². The third kappa shape index (κ3) is 5.41. The fourth-order valence-electron chi connectivity index (χ4n) is 6.52. The SMILES string of the molecule is [Li][C](=O)C(c1ncn2c1CCC2)N1Cc2c(F)cc(-c3ccc(C4CCN(C(=O)OC(C)(C)C)CC4)cc3)cc2C1=O. The van der Waals surface area contributed by atoms with Crippen molar-refractivity contribution in [1.29, 1.82) is 0 Å². The summed E-state index contributed by atoms with van der Waals surface area (Å²) < 4.78 is 22.8. The Bertz CT molecular complexity index is 1550. The number of benzene rings is 2. The third-order valence-electron chi connectivity index (χ3n) is 8.62. The molecule has 0 N–H and O–H groups in total. The van der Waals surface area contributed by atoms with Crippen LogP contribution in [0.1, 0.15) is 84.9 Å². The monoisotopic (exact) mass is 564 g/mol. The van der Waals surface area contributed by atoms with E-state index in [2.05, 4.69) is 4.98 Å². The number of hydrogen-bond donors (Lipinski definition) is 0.